The molecule has 0 aliphatic carbocycles. The van der Waals surface area contributed by atoms with E-state index in [4.69, 9.17) is 9.47 Å². The van der Waals surface area contributed by atoms with Crippen molar-refractivity contribution in [2.75, 3.05) is 19.0 Å². The molecule has 1 N–H and O–H groups in total. The molecule has 5 heteroatoms. The van der Waals surface area contributed by atoms with Crippen molar-refractivity contribution >= 4 is 5.82 Å². The predicted molar refractivity (Wildman–Crippen MR) is 78.2 cm³/mol. The van der Waals surface area contributed by atoms with Gasteiger partial charge in [-0.05, 0) is 31.5 Å². The molecule has 2 aromatic rings. The number of aryl methyl sites for hydroxylation is 1. The van der Waals surface area contributed by atoms with Gasteiger partial charge in [0, 0.05) is 19.7 Å². The lowest BCUT2D eigenvalue weighted by molar-refractivity contribution is 0.128. The molecule has 1 aromatic heterocycles. The Bertz CT molecular complexity index is 573. The summed E-state index contributed by atoms with van der Waals surface area (Å²) in [6.45, 7) is 4.95. The smallest absolute Gasteiger partial charge is 0.224 e. The maximum Gasteiger partial charge on any atom is 0.224 e. The van der Waals surface area contributed by atoms with Crippen LogP contribution in [0.3, 0.4) is 0 Å². The molecule has 0 aliphatic rings. The van der Waals surface area contributed by atoms with Gasteiger partial charge in [0.2, 0.25) is 5.88 Å². The van der Waals surface area contributed by atoms with E-state index in [1.54, 1.807) is 6.07 Å². The summed E-state index contributed by atoms with van der Waals surface area (Å²) in [6, 6.07) is 9.59. The first-order chi connectivity index (χ1) is 9.71. The van der Waals surface area contributed by atoms with Crippen LogP contribution in [0, 0.1) is 6.92 Å². The van der Waals surface area contributed by atoms with E-state index in [2.05, 4.69) is 15.3 Å². The number of anilines is 1. The predicted octanol–water partition coefficient (Wildman–Crippen LogP) is 3.16. The molecule has 106 valence electrons. The molecule has 0 saturated carbocycles. The fourth-order valence-corrected chi connectivity index (χ4v) is 1.71. The zero-order valence-corrected chi connectivity index (χ0v) is 12.0. The fourth-order valence-electron chi connectivity index (χ4n) is 1.71. The van der Waals surface area contributed by atoms with Crippen molar-refractivity contribution in [1.29, 1.82) is 0 Å². The Morgan fingerprint density at radius 1 is 1.20 bits per heavy atom. The Kier molecular flexibility index (Phi) is 4.90. The van der Waals surface area contributed by atoms with Gasteiger partial charge in [0.15, 0.2) is 5.82 Å². The summed E-state index contributed by atoms with van der Waals surface area (Å²) < 4.78 is 11.1. The summed E-state index contributed by atoms with van der Waals surface area (Å²) in [5.41, 5.74) is 1.14. The third kappa shape index (κ3) is 3.93. The molecule has 0 aliphatic heterocycles. The number of rotatable bonds is 6. The molecule has 0 spiro atoms. The normalized spacial score (nSPS) is 10.3. The van der Waals surface area contributed by atoms with Crippen molar-refractivity contribution in [1.82, 2.24) is 9.97 Å². The first-order valence-electron chi connectivity index (χ1n) is 6.59. The van der Waals surface area contributed by atoms with Gasteiger partial charge in [0.25, 0.3) is 0 Å². The zero-order chi connectivity index (χ0) is 14.4. The number of hydrogen-bond donors (Lipinski definition) is 1. The fraction of sp³-hybridized carbons (Fsp3) is 0.333. The SMILES string of the molecule is CCOCc1nc(NC)cc(Oc2cccc(C)c2)n1. The van der Waals surface area contributed by atoms with Gasteiger partial charge in [0.05, 0.1) is 0 Å². The lowest BCUT2D eigenvalue weighted by Gasteiger charge is -2.09. The molecular formula is C15H19N3O2. The van der Waals surface area contributed by atoms with Gasteiger partial charge in [-0.3, -0.25) is 0 Å². The van der Waals surface area contributed by atoms with Crippen LogP contribution in [0.4, 0.5) is 5.82 Å². The van der Waals surface area contributed by atoms with Crippen LogP contribution in [-0.2, 0) is 11.3 Å². The van der Waals surface area contributed by atoms with Gasteiger partial charge in [0.1, 0.15) is 18.2 Å². The minimum absolute atomic E-state index is 0.371. The van der Waals surface area contributed by atoms with E-state index in [0.717, 1.165) is 11.3 Å². The maximum atomic E-state index is 5.78. The standard InChI is InChI=1S/C15H19N3O2/c1-4-19-10-14-17-13(16-3)9-15(18-14)20-12-7-5-6-11(2)8-12/h5-9H,4,10H2,1-3H3,(H,16,17,18). The van der Waals surface area contributed by atoms with Crippen molar-refractivity contribution in [3.8, 4) is 11.6 Å². The van der Waals surface area contributed by atoms with Crippen LogP contribution in [0.1, 0.15) is 18.3 Å². The van der Waals surface area contributed by atoms with Crippen LogP contribution >= 0.6 is 0 Å². The highest BCUT2D eigenvalue weighted by Gasteiger charge is 2.06. The van der Waals surface area contributed by atoms with Gasteiger partial charge >= 0.3 is 0 Å². The molecule has 5 nitrogen and oxygen atoms in total. The lowest BCUT2D eigenvalue weighted by atomic mass is 10.2. The number of aromatic nitrogens is 2. The van der Waals surface area contributed by atoms with Crippen molar-refractivity contribution < 1.29 is 9.47 Å². The summed E-state index contributed by atoms with van der Waals surface area (Å²) in [6.07, 6.45) is 0. The molecule has 0 amide bonds. The molecule has 0 saturated heterocycles. The Morgan fingerprint density at radius 3 is 2.75 bits per heavy atom. The van der Waals surface area contributed by atoms with E-state index in [-0.39, 0.29) is 0 Å². The van der Waals surface area contributed by atoms with Gasteiger partial charge in [-0.2, -0.15) is 4.98 Å². The first-order valence-corrected chi connectivity index (χ1v) is 6.59. The van der Waals surface area contributed by atoms with Crippen molar-refractivity contribution in [2.24, 2.45) is 0 Å². The Hall–Kier alpha value is -2.14. The molecular weight excluding hydrogens is 254 g/mol. The largest absolute Gasteiger partial charge is 0.439 e. The third-order valence-electron chi connectivity index (χ3n) is 2.65. The number of nitrogens with zero attached hydrogens (tertiary/aromatic N) is 2. The van der Waals surface area contributed by atoms with Crippen molar-refractivity contribution in [3.05, 3.63) is 41.7 Å². The van der Waals surface area contributed by atoms with E-state index in [9.17, 15) is 0 Å². The van der Waals surface area contributed by atoms with Crippen molar-refractivity contribution in [3.63, 3.8) is 0 Å². The Morgan fingerprint density at radius 2 is 2.05 bits per heavy atom. The van der Waals surface area contributed by atoms with Crippen LogP contribution in [0.2, 0.25) is 0 Å². The van der Waals surface area contributed by atoms with Gasteiger partial charge < -0.3 is 14.8 Å². The molecule has 0 unspecified atom stereocenters. The first kappa shape index (κ1) is 14.3. The number of hydrogen-bond acceptors (Lipinski definition) is 5. The molecule has 2 rings (SSSR count). The number of benzene rings is 1. The summed E-state index contributed by atoms with van der Waals surface area (Å²) in [7, 11) is 1.81. The Labute approximate surface area is 119 Å². The molecule has 0 radical (unpaired) electrons. The van der Waals surface area contributed by atoms with Gasteiger partial charge in [-0.25, -0.2) is 4.98 Å². The van der Waals surface area contributed by atoms with Gasteiger partial charge in [-0.15, -0.1) is 0 Å². The highest BCUT2D eigenvalue weighted by molar-refractivity contribution is 5.39. The minimum Gasteiger partial charge on any atom is -0.439 e. The molecule has 20 heavy (non-hydrogen) atoms. The van der Waals surface area contributed by atoms with Crippen LogP contribution in [0.15, 0.2) is 30.3 Å². The Balaban J connectivity index is 2.21. The molecule has 0 atom stereocenters. The van der Waals surface area contributed by atoms with E-state index in [1.807, 2.05) is 45.2 Å². The van der Waals surface area contributed by atoms with Crippen LogP contribution in [-0.4, -0.2) is 23.6 Å². The molecule has 0 fully saturated rings. The van der Waals surface area contributed by atoms with Crippen molar-refractivity contribution in [2.45, 2.75) is 20.5 Å². The maximum absolute atomic E-state index is 5.78. The number of nitrogens with one attached hydrogen (secondary N) is 1. The average molecular weight is 273 g/mol. The molecule has 1 heterocycles. The number of ether oxygens (including phenoxy) is 2. The highest BCUT2D eigenvalue weighted by atomic mass is 16.5. The second-order valence-corrected chi connectivity index (χ2v) is 4.31. The van der Waals surface area contributed by atoms with E-state index in [1.165, 1.54) is 0 Å². The van der Waals surface area contributed by atoms with E-state index < -0.39 is 0 Å². The second kappa shape index (κ2) is 6.86. The molecule has 0 bridgehead atoms. The topological polar surface area (TPSA) is 56.3 Å². The molecule has 1 aromatic carbocycles. The summed E-state index contributed by atoms with van der Waals surface area (Å²) in [5, 5.41) is 2.99. The van der Waals surface area contributed by atoms with Crippen LogP contribution in [0.5, 0.6) is 11.6 Å². The van der Waals surface area contributed by atoms with E-state index in [0.29, 0.717) is 30.7 Å². The highest BCUT2D eigenvalue weighted by Crippen LogP contribution is 2.22. The van der Waals surface area contributed by atoms with Crippen LogP contribution < -0.4 is 10.1 Å². The summed E-state index contributed by atoms with van der Waals surface area (Å²) in [5.74, 6) is 2.57. The minimum atomic E-state index is 0.371. The average Bonchev–Trinajstić information content (AvgIpc) is 2.45. The van der Waals surface area contributed by atoms with E-state index >= 15 is 0 Å². The monoisotopic (exact) mass is 273 g/mol. The quantitative estimate of drug-likeness (QED) is 0.876. The summed E-state index contributed by atoms with van der Waals surface area (Å²) >= 11 is 0. The van der Waals surface area contributed by atoms with Gasteiger partial charge in [-0.1, -0.05) is 12.1 Å². The van der Waals surface area contributed by atoms with Crippen LogP contribution in [0.25, 0.3) is 0 Å². The third-order valence-corrected chi connectivity index (χ3v) is 2.65. The second-order valence-electron chi connectivity index (χ2n) is 4.31. The zero-order valence-electron chi connectivity index (χ0n) is 12.0. The summed E-state index contributed by atoms with van der Waals surface area (Å²) in [4.78, 5) is 8.67. The lowest BCUT2D eigenvalue weighted by Crippen LogP contribution is -2.04.